The minimum atomic E-state index is -0.695. The Hall–Kier alpha value is -4.69. The SMILES string of the molecule is C#CCNC(=O)c1cccc(F)c1Nc1nc(Nc2ccc3c(c2)NC(=O)C(NC(C)=O)CC3(C)C)ncc1Cl. The van der Waals surface area contributed by atoms with E-state index in [4.69, 9.17) is 18.0 Å². The average Bonchev–Trinajstić information content (AvgIpc) is 2.98. The van der Waals surface area contributed by atoms with Crippen molar-refractivity contribution in [2.75, 3.05) is 22.5 Å². The molecular weight excluding hydrogens is 537 g/mol. The summed E-state index contributed by atoms with van der Waals surface area (Å²) < 4.78 is 14.7. The van der Waals surface area contributed by atoms with Gasteiger partial charge in [-0.05, 0) is 41.7 Å². The average molecular weight is 564 g/mol. The minimum absolute atomic E-state index is 0.0149. The number of aromatic nitrogens is 2. The van der Waals surface area contributed by atoms with Crippen LogP contribution in [-0.4, -0.2) is 40.3 Å². The molecule has 206 valence electrons. The molecule has 0 saturated heterocycles. The van der Waals surface area contributed by atoms with Gasteiger partial charge >= 0.3 is 0 Å². The van der Waals surface area contributed by atoms with Crippen LogP contribution < -0.4 is 26.6 Å². The Morgan fingerprint density at radius 2 is 2.02 bits per heavy atom. The van der Waals surface area contributed by atoms with Gasteiger partial charge in [-0.3, -0.25) is 14.4 Å². The third kappa shape index (κ3) is 6.30. The first-order valence-electron chi connectivity index (χ1n) is 12.3. The normalized spacial score (nSPS) is 15.5. The van der Waals surface area contributed by atoms with E-state index in [2.05, 4.69) is 42.5 Å². The van der Waals surface area contributed by atoms with Crippen LogP contribution in [0.5, 0.6) is 0 Å². The number of carbonyl (C=O) groups is 3. The van der Waals surface area contributed by atoms with Gasteiger partial charge in [-0.1, -0.05) is 43.5 Å². The molecule has 1 atom stereocenters. The van der Waals surface area contributed by atoms with Crippen molar-refractivity contribution in [3.8, 4) is 12.3 Å². The molecule has 0 spiro atoms. The first kappa shape index (κ1) is 28.3. The molecule has 4 rings (SSSR count). The zero-order chi connectivity index (χ0) is 29.0. The third-order valence-electron chi connectivity index (χ3n) is 6.27. The van der Waals surface area contributed by atoms with Crippen LogP contribution in [0.1, 0.15) is 43.1 Å². The number of anilines is 5. The quantitative estimate of drug-likeness (QED) is 0.271. The van der Waals surface area contributed by atoms with E-state index in [9.17, 15) is 18.8 Å². The highest BCUT2D eigenvalue weighted by molar-refractivity contribution is 6.33. The number of hydrogen-bond acceptors (Lipinski definition) is 7. The van der Waals surface area contributed by atoms with Crippen LogP contribution in [0.15, 0.2) is 42.6 Å². The molecule has 12 heteroatoms. The van der Waals surface area contributed by atoms with Crippen LogP contribution in [0.4, 0.5) is 33.2 Å². The Labute approximate surface area is 235 Å². The Morgan fingerprint density at radius 3 is 2.75 bits per heavy atom. The Kier molecular flexibility index (Phi) is 8.21. The lowest BCUT2D eigenvalue weighted by molar-refractivity contribution is -0.125. The summed E-state index contributed by atoms with van der Waals surface area (Å²) in [6, 6.07) is 8.77. The zero-order valence-corrected chi connectivity index (χ0v) is 22.7. The molecule has 0 aliphatic carbocycles. The lowest BCUT2D eigenvalue weighted by atomic mass is 9.79. The van der Waals surface area contributed by atoms with Gasteiger partial charge in [0.05, 0.1) is 24.0 Å². The second-order valence-electron chi connectivity index (χ2n) is 9.78. The maximum atomic E-state index is 14.7. The van der Waals surface area contributed by atoms with E-state index in [0.29, 0.717) is 17.8 Å². The second kappa shape index (κ2) is 11.6. The number of rotatable bonds is 7. The molecule has 0 saturated carbocycles. The topological polar surface area (TPSA) is 137 Å². The summed E-state index contributed by atoms with van der Waals surface area (Å²) in [4.78, 5) is 45.5. The molecule has 3 amide bonds. The molecular formula is C28H27ClFN7O3. The molecule has 0 bridgehead atoms. The van der Waals surface area contributed by atoms with E-state index in [-0.39, 0.29) is 46.4 Å². The van der Waals surface area contributed by atoms with Gasteiger partial charge in [0.2, 0.25) is 17.8 Å². The molecule has 0 radical (unpaired) electrons. The van der Waals surface area contributed by atoms with Crippen molar-refractivity contribution in [3.05, 3.63) is 64.6 Å². The van der Waals surface area contributed by atoms with Crippen molar-refractivity contribution in [2.45, 2.75) is 38.6 Å². The van der Waals surface area contributed by atoms with Gasteiger partial charge in [-0.15, -0.1) is 6.42 Å². The van der Waals surface area contributed by atoms with E-state index in [1.807, 2.05) is 19.9 Å². The second-order valence-corrected chi connectivity index (χ2v) is 10.2. The summed E-state index contributed by atoms with van der Waals surface area (Å²) >= 11 is 6.28. The predicted octanol–water partition coefficient (Wildman–Crippen LogP) is 4.24. The Balaban J connectivity index is 1.60. The third-order valence-corrected chi connectivity index (χ3v) is 6.54. The number of nitrogens with zero attached hydrogens (tertiary/aromatic N) is 2. The molecule has 2 aromatic carbocycles. The highest BCUT2D eigenvalue weighted by atomic mass is 35.5. The van der Waals surface area contributed by atoms with Crippen molar-refractivity contribution in [1.82, 2.24) is 20.6 Å². The predicted molar refractivity (Wildman–Crippen MR) is 151 cm³/mol. The molecule has 1 aliphatic rings. The van der Waals surface area contributed by atoms with Gasteiger partial charge in [0.1, 0.15) is 16.9 Å². The van der Waals surface area contributed by atoms with Crippen LogP contribution in [0.2, 0.25) is 5.02 Å². The maximum absolute atomic E-state index is 14.7. The highest BCUT2D eigenvalue weighted by Gasteiger charge is 2.35. The summed E-state index contributed by atoms with van der Waals surface area (Å²) in [6.07, 6.45) is 6.95. The van der Waals surface area contributed by atoms with E-state index in [0.717, 1.165) is 5.56 Å². The molecule has 1 aromatic heterocycles. The highest BCUT2D eigenvalue weighted by Crippen LogP contribution is 2.38. The first-order chi connectivity index (χ1) is 19.0. The van der Waals surface area contributed by atoms with Gasteiger partial charge < -0.3 is 26.6 Å². The number of hydrogen-bond donors (Lipinski definition) is 5. The maximum Gasteiger partial charge on any atom is 0.254 e. The van der Waals surface area contributed by atoms with E-state index >= 15 is 0 Å². The van der Waals surface area contributed by atoms with Crippen LogP contribution in [0, 0.1) is 18.2 Å². The van der Waals surface area contributed by atoms with Crippen LogP contribution in [0.3, 0.4) is 0 Å². The number of fused-ring (bicyclic) bond motifs is 1. The molecule has 2 heterocycles. The van der Waals surface area contributed by atoms with Gasteiger partial charge in [0.25, 0.3) is 5.91 Å². The van der Waals surface area contributed by atoms with E-state index in [1.54, 1.807) is 12.1 Å². The number of amides is 3. The smallest absolute Gasteiger partial charge is 0.254 e. The molecule has 5 N–H and O–H groups in total. The lowest BCUT2D eigenvalue weighted by Crippen LogP contribution is -2.44. The molecule has 0 fully saturated rings. The number of carbonyl (C=O) groups excluding carboxylic acids is 3. The standard InChI is InChI=1S/C28H27ClFN7O3/c1-5-11-31-25(39)17-7-6-8-20(30)23(17)36-24-19(29)14-32-27(37-24)34-16-9-10-18-21(12-16)35-26(40)22(33-15(2)38)13-28(18,3)4/h1,6-10,12,14,22H,11,13H2,2-4H3,(H,31,39)(H,33,38)(H,35,40)(H2,32,34,36,37). The molecule has 1 unspecified atom stereocenters. The number of para-hydroxylation sites is 1. The summed E-state index contributed by atoms with van der Waals surface area (Å²) in [5.74, 6) is 0.598. The fourth-order valence-corrected chi connectivity index (χ4v) is 4.58. The summed E-state index contributed by atoms with van der Waals surface area (Å²) in [5, 5.41) is 14.0. The summed E-state index contributed by atoms with van der Waals surface area (Å²) in [5.41, 5.74) is 1.50. The minimum Gasteiger partial charge on any atom is -0.345 e. The number of nitrogens with one attached hydrogen (secondary N) is 5. The van der Waals surface area contributed by atoms with Gasteiger partial charge in [-0.25, -0.2) is 9.37 Å². The number of terminal acetylenes is 1. The fraction of sp³-hybridized carbons (Fsp3) is 0.250. The fourth-order valence-electron chi connectivity index (χ4n) is 4.44. The summed E-state index contributed by atoms with van der Waals surface area (Å²) in [6.45, 7) is 5.34. The summed E-state index contributed by atoms with van der Waals surface area (Å²) in [7, 11) is 0. The van der Waals surface area contributed by atoms with Crippen molar-refractivity contribution < 1.29 is 18.8 Å². The molecule has 10 nitrogen and oxygen atoms in total. The molecule has 40 heavy (non-hydrogen) atoms. The number of benzene rings is 2. The zero-order valence-electron chi connectivity index (χ0n) is 22.0. The number of halogens is 2. The van der Waals surface area contributed by atoms with Crippen molar-refractivity contribution in [1.29, 1.82) is 0 Å². The first-order valence-corrected chi connectivity index (χ1v) is 12.7. The van der Waals surface area contributed by atoms with Crippen LogP contribution in [0.25, 0.3) is 0 Å². The van der Waals surface area contributed by atoms with Gasteiger partial charge in [0.15, 0.2) is 5.82 Å². The van der Waals surface area contributed by atoms with Crippen LogP contribution >= 0.6 is 11.6 Å². The van der Waals surface area contributed by atoms with Gasteiger partial charge in [0, 0.05) is 18.3 Å². The van der Waals surface area contributed by atoms with Crippen LogP contribution in [-0.2, 0) is 15.0 Å². The largest absolute Gasteiger partial charge is 0.345 e. The lowest BCUT2D eigenvalue weighted by Gasteiger charge is -2.27. The molecule has 3 aromatic rings. The van der Waals surface area contributed by atoms with Crippen molar-refractivity contribution >= 4 is 58.2 Å². The molecule has 1 aliphatic heterocycles. The Bertz CT molecular complexity index is 1540. The van der Waals surface area contributed by atoms with Gasteiger partial charge in [-0.2, -0.15) is 4.98 Å². The van der Waals surface area contributed by atoms with E-state index < -0.39 is 23.2 Å². The van der Waals surface area contributed by atoms with E-state index in [1.165, 1.54) is 31.3 Å². The Morgan fingerprint density at radius 1 is 1.25 bits per heavy atom. The van der Waals surface area contributed by atoms with Crippen molar-refractivity contribution in [3.63, 3.8) is 0 Å². The van der Waals surface area contributed by atoms with Crippen molar-refractivity contribution in [2.24, 2.45) is 0 Å². The monoisotopic (exact) mass is 563 g/mol.